The van der Waals surface area contributed by atoms with E-state index in [0.717, 1.165) is 16.5 Å². The van der Waals surface area contributed by atoms with Crippen molar-refractivity contribution >= 4 is 39.0 Å². The van der Waals surface area contributed by atoms with Crippen molar-refractivity contribution < 1.29 is 9.53 Å². The molecule has 0 aliphatic heterocycles. The number of amides is 1. The van der Waals surface area contributed by atoms with Crippen LogP contribution in [0, 0.1) is 0 Å². The maximum Gasteiger partial charge on any atom is 0.413 e. The molecule has 0 radical (unpaired) electrons. The predicted molar refractivity (Wildman–Crippen MR) is 102 cm³/mol. The second-order valence-corrected chi connectivity index (χ2v) is 8.56. The van der Waals surface area contributed by atoms with Crippen molar-refractivity contribution in [3.05, 3.63) is 34.3 Å². The molecule has 0 spiro atoms. The first-order chi connectivity index (χ1) is 10.7. The average molecular weight is 401 g/mol. The normalized spacial score (nSPS) is 13.6. The number of thioether (sulfide) groups is 1. The SMILES string of the molecule is CC[C@@H](C)SC(=NCc1cccc(Br)c1)NC(=O)OC(C)(C)C. The standard InChI is InChI=1S/C17H25BrN2O2S/c1-6-12(2)23-15(20-16(21)22-17(3,4)5)19-11-13-8-7-9-14(18)10-13/h7-10,12H,6,11H2,1-5H3,(H,19,20,21)/t12-/m1/s1. The number of hydrogen-bond donors (Lipinski definition) is 1. The number of aliphatic imine (C=N–C) groups is 1. The molecule has 1 atom stereocenters. The van der Waals surface area contributed by atoms with Crippen molar-refractivity contribution in [2.45, 2.75) is 58.4 Å². The van der Waals surface area contributed by atoms with E-state index in [9.17, 15) is 4.79 Å². The summed E-state index contributed by atoms with van der Waals surface area (Å²) >= 11 is 5.00. The fourth-order valence-electron chi connectivity index (χ4n) is 1.57. The molecule has 0 heterocycles. The Morgan fingerprint density at radius 1 is 1.43 bits per heavy atom. The van der Waals surface area contributed by atoms with Crippen LogP contribution in [0.1, 0.15) is 46.6 Å². The Balaban J connectivity index is 2.78. The van der Waals surface area contributed by atoms with Crippen LogP contribution in [-0.4, -0.2) is 22.1 Å². The number of ether oxygens (including phenoxy) is 1. The summed E-state index contributed by atoms with van der Waals surface area (Å²) in [7, 11) is 0. The third-order valence-electron chi connectivity index (χ3n) is 2.79. The van der Waals surface area contributed by atoms with Gasteiger partial charge in [-0.15, -0.1) is 0 Å². The third kappa shape index (κ3) is 9.01. The zero-order chi connectivity index (χ0) is 17.5. The lowest BCUT2D eigenvalue weighted by Gasteiger charge is -2.20. The molecule has 0 aliphatic rings. The minimum Gasteiger partial charge on any atom is -0.444 e. The van der Waals surface area contributed by atoms with Crippen LogP contribution in [0.25, 0.3) is 0 Å². The number of amidine groups is 1. The van der Waals surface area contributed by atoms with Crippen molar-refractivity contribution in [2.24, 2.45) is 4.99 Å². The lowest BCUT2D eigenvalue weighted by Crippen LogP contribution is -2.35. The number of carbonyl (C=O) groups is 1. The van der Waals surface area contributed by atoms with Gasteiger partial charge in [0.1, 0.15) is 5.60 Å². The first-order valence-corrected chi connectivity index (χ1v) is 9.32. The summed E-state index contributed by atoms with van der Waals surface area (Å²) < 4.78 is 6.32. The Labute approximate surface area is 151 Å². The molecule has 23 heavy (non-hydrogen) atoms. The van der Waals surface area contributed by atoms with E-state index in [2.05, 4.69) is 40.1 Å². The van der Waals surface area contributed by atoms with Gasteiger partial charge < -0.3 is 4.74 Å². The van der Waals surface area contributed by atoms with Gasteiger partial charge in [-0.2, -0.15) is 0 Å². The Bertz CT molecular complexity index is 556. The van der Waals surface area contributed by atoms with Gasteiger partial charge in [-0.3, -0.25) is 10.3 Å². The van der Waals surface area contributed by atoms with Gasteiger partial charge in [0.05, 0.1) is 6.54 Å². The molecule has 0 saturated carbocycles. The molecular weight excluding hydrogens is 376 g/mol. The Kier molecular flexibility index (Phi) is 8.12. The topological polar surface area (TPSA) is 50.7 Å². The molecule has 0 bridgehead atoms. The highest BCUT2D eigenvalue weighted by molar-refractivity contribution is 9.10. The van der Waals surface area contributed by atoms with E-state index >= 15 is 0 Å². The van der Waals surface area contributed by atoms with Gasteiger partial charge in [0, 0.05) is 9.72 Å². The van der Waals surface area contributed by atoms with Crippen molar-refractivity contribution in [1.82, 2.24) is 5.32 Å². The van der Waals surface area contributed by atoms with E-state index in [0.29, 0.717) is 17.0 Å². The number of nitrogens with one attached hydrogen (secondary N) is 1. The smallest absolute Gasteiger partial charge is 0.413 e. The maximum absolute atomic E-state index is 12.0. The van der Waals surface area contributed by atoms with E-state index in [-0.39, 0.29) is 0 Å². The molecule has 0 aromatic heterocycles. The number of carbonyl (C=O) groups excluding carboxylic acids is 1. The van der Waals surface area contributed by atoms with E-state index in [1.165, 1.54) is 0 Å². The minimum atomic E-state index is -0.527. The molecule has 1 rings (SSSR count). The molecule has 1 aromatic rings. The highest BCUT2D eigenvalue weighted by atomic mass is 79.9. The van der Waals surface area contributed by atoms with Gasteiger partial charge in [0.25, 0.3) is 0 Å². The van der Waals surface area contributed by atoms with Crippen LogP contribution in [0.4, 0.5) is 4.79 Å². The number of nitrogens with zero attached hydrogens (tertiary/aromatic N) is 1. The Morgan fingerprint density at radius 2 is 2.13 bits per heavy atom. The Morgan fingerprint density at radius 3 is 2.70 bits per heavy atom. The quantitative estimate of drug-likeness (QED) is 0.546. The molecule has 0 aliphatic carbocycles. The van der Waals surface area contributed by atoms with E-state index in [1.54, 1.807) is 11.8 Å². The minimum absolute atomic E-state index is 0.367. The number of rotatable bonds is 4. The average Bonchev–Trinajstić information content (AvgIpc) is 2.42. The summed E-state index contributed by atoms with van der Waals surface area (Å²) in [4.78, 5) is 16.5. The first kappa shape index (κ1) is 20.0. The third-order valence-corrected chi connectivity index (χ3v) is 4.47. The monoisotopic (exact) mass is 400 g/mol. The molecule has 1 amide bonds. The molecule has 0 fully saturated rings. The van der Waals surface area contributed by atoms with Gasteiger partial charge >= 0.3 is 6.09 Å². The fourth-order valence-corrected chi connectivity index (χ4v) is 2.85. The molecule has 6 heteroatoms. The largest absolute Gasteiger partial charge is 0.444 e. The first-order valence-electron chi connectivity index (χ1n) is 7.65. The van der Waals surface area contributed by atoms with E-state index in [1.807, 2.05) is 45.0 Å². The lowest BCUT2D eigenvalue weighted by atomic mass is 10.2. The molecular formula is C17H25BrN2O2S. The molecule has 0 saturated heterocycles. The van der Waals surface area contributed by atoms with E-state index in [4.69, 9.17) is 4.74 Å². The summed E-state index contributed by atoms with van der Waals surface area (Å²) in [6.07, 6.45) is 0.526. The summed E-state index contributed by atoms with van der Waals surface area (Å²) in [5, 5.41) is 3.72. The number of alkyl carbamates (subject to hydrolysis) is 1. The van der Waals surface area contributed by atoms with Gasteiger partial charge in [-0.05, 0) is 44.9 Å². The summed E-state index contributed by atoms with van der Waals surface area (Å²) in [6.45, 7) is 10.2. The molecule has 1 N–H and O–H groups in total. The van der Waals surface area contributed by atoms with Crippen LogP contribution >= 0.6 is 27.7 Å². The highest BCUT2D eigenvalue weighted by Crippen LogP contribution is 2.17. The number of halogens is 1. The highest BCUT2D eigenvalue weighted by Gasteiger charge is 2.18. The summed E-state index contributed by atoms with van der Waals surface area (Å²) in [5.74, 6) is 0. The maximum atomic E-state index is 12.0. The second kappa shape index (κ2) is 9.33. The van der Waals surface area contributed by atoms with Crippen molar-refractivity contribution in [2.75, 3.05) is 0 Å². The zero-order valence-electron chi connectivity index (χ0n) is 14.4. The van der Waals surface area contributed by atoms with E-state index < -0.39 is 11.7 Å². The van der Waals surface area contributed by atoms with Gasteiger partial charge in [0.15, 0.2) is 5.17 Å². The van der Waals surface area contributed by atoms with Gasteiger partial charge in [0.2, 0.25) is 0 Å². The number of benzene rings is 1. The van der Waals surface area contributed by atoms with Crippen LogP contribution < -0.4 is 5.32 Å². The Hall–Kier alpha value is -1.01. The number of hydrogen-bond acceptors (Lipinski definition) is 4. The van der Waals surface area contributed by atoms with Gasteiger partial charge in [-0.25, -0.2) is 4.79 Å². The van der Waals surface area contributed by atoms with Gasteiger partial charge in [-0.1, -0.05) is 53.7 Å². The van der Waals surface area contributed by atoms with Crippen molar-refractivity contribution in [3.63, 3.8) is 0 Å². The summed E-state index contributed by atoms with van der Waals surface area (Å²) in [6, 6.07) is 7.97. The molecule has 4 nitrogen and oxygen atoms in total. The fraction of sp³-hybridized carbons (Fsp3) is 0.529. The molecule has 128 valence electrons. The van der Waals surface area contributed by atoms with Crippen LogP contribution in [-0.2, 0) is 11.3 Å². The van der Waals surface area contributed by atoms with Crippen molar-refractivity contribution in [3.8, 4) is 0 Å². The van der Waals surface area contributed by atoms with Crippen LogP contribution in [0.3, 0.4) is 0 Å². The predicted octanol–water partition coefficient (Wildman–Crippen LogP) is 5.36. The van der Waals surface area contributed by atoms with Crippen LogP contribution in [0.5, 0.6) is 0 Å². The van der Waals surface area contributed by atoms with Crippen LogP contribution in [0.15, 0.2) is 33.7 Å². The lowest BCUT2D eigenvalue weighted by molar-refractivity contribution is 0.0564. The molecule has 1 aromatic carbocycles. The van der Waals surface area contributed by atoms with Crippen molar-refractivity contribution in [1.29, 1.82) is 0 Å². The van der Waals surface area contributed by atoms with Crippen LogP contribution in [0.2, 0.25) is 0 Å². The zero-order valence-corrected chi connectivity index (χ0v) is 16.8. The second-order valence-electron chi connectivity index (χ2n) is 6.21. The summed E-state index contributed by atoms with van der Waals surface area (Å²) in [5.41, 5.74) is 0.549. The molecule has 0 unspecified atom stereocenters.